The summed E-state index contributed by atoms with van der Waals surface area (Å²) in [5.41, 5.74) is 3.22. The van der Waals surface area contributed by atoms with Gasteiger partial charge in [-0.3, -0.25) is 9.59 Å². The van der Waals surface area contributed by atoms with Gasteiger partial charge in [-0.25, -0.2) is 0 Å². The predicted octanol–water partition coefficient (Wildman–Crippen LogP) is 4.87. The molecule has 0 radical (unpaired) electrons. The summed E-state index contributed by atoms with van der Waals surface area (Å²) >= 11 is 5.92. The van der Waals surface area contributed by atoms with Crippen LogP contribution < -0.4 is 0 Å². The second kappa shape index (κ2) is 5.60. The lowest BCUT2D eigenvalue weighted by molar-refractivity contribution is 0.0959. The fraction of sp³-hybridized carbons (Fsp3) is 0.200. The van der Waals surface area contributed by atoms with Crippen LogP contribution in [0.1, 0.15) is 45.7 Å². The summed E-state index contributed by atoms with van der Waals surface area (Å²) in [6, 6.07) is 14.8. The maximum atomic E-state index is 13.0. The van der Waals surface area contributed by atoms with E-state index in [0.29, 0.717) is 16.1 Å². The molecule has 1 aliphatic heterocycles. The molecular weight excluding hydrogens is 322 g/mol. The Morgan fingerprint density at radius 3 is 2.50 bits per heavy atom. The molecule has 0 N–H and O–H groups in total. The minimum absolute atomic E-state index is 0.00996. The molecule has 1 aromatic heterocycles. The summed E-state index contributed by atoms with van der Waals surface area (Å²) in [4.78, 5) is 25.3. The van der Waals surface area contributed by atoms with Crippen molar-refractivity contribution in [1.29, 1.82) is 0 Å². The molecule has 0 spiro atoms. The maximum Gasteiger partial charge on any atom is 0.171 e. The predicted molar refractivity (Wildman–Crippen MR) is 95.1 cm³/mol. The number of para-hydroxylation sites is 1. The van der Waals surface area contributed by atoms with Crippen molar-refractivity contribution in [3.05, 3.63) is 70.4 Å². The minimum atomic E-state index is -0.280. The molecule has 24 heavy (non-hydrogen) atoms. The zero-order valence-electron chi connectivity index (χ0n) is 13.3. The average molecular weight is 338 g/mol. The number of aryl methyl sites for hydroxylation is 1. The number of halogens is 1. The molecule has 1 aliphatic rings. The number of rotatable bonds is 3. The summed E-state index contributed by atoms with van der Waals surface area (Å²) in [7, 11) is 0. The van der Waals surface area contributed by atoms with Crippen LogP contribution in [-0.2, 0) is 6.54 Å². The Bertz CT molecular complexity index is 969. The molecule has 1 atom stereocenters. The van der Waals surface area contributed by atoms with Crippen LogP contribution in [0.4, 0.5) is 0 Å². The van der Waals surface area contributed by atoms with Gasteiger partial charge in [0.15, 0.2) is 11.6 Å². The maximum absolute atomic E-state index is 13.0. The number of carbonyl (C=O) groups excluding carboxylic acids is 2. The van der Waals surface area contributed by atoms with Crippen molar-refractivity contribution >= 4 is 34.1 Å². The first-order chi connectivity index (χ1) is 11.6. The highest BCUT2D eigenvalue weighted by atomic mass is 35.5. The number of hydrogen-bond acceptors (Lipinski definition) is 2. The second-order valence-corrected chi connectivity index (χ2v) is 6.63. The third kappa shape index (κ3) is 2.20. The number of ketones is 2. The first-order valence-electron chi connectivity index (χ1n) is 7.99. The Labute approximate surface area is 144 Å². The number of benzene rings is 2. The van der Waals surface area contributed by atoms with Gasteiger partial charge in [0.05, 0.1) is 5.92 Å². The van der Waals surface area contributed by atoms with E-state index in [1.54, 1.807) is 31.2 Å². The van der Waals surface area contributed by atoms with Gasteiger partial charge in [0.25, 0.3) is 0 Å². The van der Waals surface area contributed by atoms with E-state index in [1.165, 1.54) is 0 Å². The largest absolute Gasteiger partial charge is 0.343 e. The lowest BCUT2D eigenvalue weighted by Gasteiger charge is -2.11. The second-order valence-electron chi connectivity index (χ2n) is 6.20. The number of aromatic nitrogens is 1. The zero-order chi connectivity index (χ0) is 16.8. The Balaban J connectivity index is 1.88. The van der Waals surface area contributed by atoms with E-state index in [-0.39, 0.29) is 17.5 Å². The Hall–Kier alpha value is -2.39. The van der Waals surface area contributed by atoms with Crippen LogP contribution in [0.3, 0.4) is 0 Å². The molecule has 3 aromatic rings. The van der Waals surface area contributed by atoms with Crippen LogP contribution in [0.5, 0.6) is 0 Å². The van der Waals surface area contributed by atoms with E-state index < -0.39 is 0 Å². The van der Waals surface area contributed by atoms with Crippen LogP contribution >= 0.6 is 11.6 Å². The first kappa shape index (κ1) is 15.2. The first-order valence-corrected chi connectivity index (χ1v) is 8.37. The van der Waals surface area contributed by atoms with Crippen LogP contribution in [0.15, 0.2) is 48.5 Å². The Morgan fingerprint density at radius 2 is 1.79 bits per heavy atom. The van der Waals surface area contributed by atoms with Crippen molar-refractivity contribution in [3.8, 4) is 0 Å². The normalized spacial score (nSPS) is 16.3. The number of hydrogen-bond donors (Lipinski definition) is 0. The van der Waals surface area contributed by atoms with E-state index >= 15 is 0 Å². The number of fused-ring (bicyclic) bond motifs is 3. The molecule has 0 saturated carbocycles. The van der Waals surface area contributed by atoms with Crippen LogP contribution in [0, 0.1) is 0 Å². The van der Waals surface area contributed by atoms with Gasteiger partial charge in [0.1, 0.15) is 0 Å². The highest BCUT2D eigenvalue weighted by molar-refractivity contribution is 6.30. The smallest absolute Gasteiger partial charge is 0.171 e. The van der Waals surface area contributed by atoms with Crippen molar-refractivity contribution < 1.29 is 9.59 Å². The Morgan fingerprint density at radius 1 is 1.08 bits per heavy atom. The van der Waals surface area contributed by atoms with Crippen molar-refractivity contribution in [2.45, 2.75) is 25.8 Å². The molecule has 3 nitrogen and oxygen atoms in total. The zero-order valence-corrected chi connectivity index (χ0v) is 14.0. The Kier molecular flexibility index (Phi) is 3.54. The lowest BCUT2D eigenvalue weighted by Crippen LogP contribution is -2.13. The minimum Gasteiger partial charge on any atom is -0.343 e. The third-order valence-electron chi connectivity index (χ3n) is 4.78. The highest BCUT2D eigenvalue weighted by Crippen LogP contribution is 2.40. The quantitative estimate of drug-likeness (QED) is 0.640. The molecule has 4 heteroatoms. The molecule has 1 unspecified atom stereocenters. The van der Waals surface area contributed by atoms with Gasteiger partial charge < -0.3 is 4.57 Å². The number of Topliss-reactive ketones (excluding diaryl/α,β-unsaturated/α-hetero) is 2. The SMILES string of the molecule is CC(=O)c1c2n(c3ccccc13)CCC2C(=O)c1ccc(Cl)cc1. The molecule has 0 amide bonds. The fourth-order valence-corrected chi connectivity index (χ4v) is 3.89. The van der Waals surface area contributed by atoms with E-state index in [1.807, 2.05) is 24.3 Å². The van der Waals surface area contributed by atoms with Crippen LogP contribution in [0.25, 0.3) is 10.9 Å². The van der Waals surface area contributed by atoms with E-state index in [0.717, 1.165) is 29.6 Å². The van der Waals surface area contributed by atoms with Gasteiger partial charge in [-0.05, 0) is 43.7 Å². The average Bonchev–Trinajstić information content (AvgIpc) is 3.12. The summed E-state index contributed by atoms with van der Waals surface area (Å²) in [5.74, 6) is -0.219. The van der Waals surface area contributed by atoms with Crippen molar-refractivity contribution in [2.75, 3.05) is 0 Å². The van der Waals surface area contributed by atoms with Gasteiger partial charge in [-0.1, -0.05) is 29.8 Å². The third-order valence-corrected chi connectivity index (χ3v) is 5.03. The number of carbonyl (C=O) groups is 2. The molecule has 0 fully saturated rings. The summed E-state index contributed by atoms with van der Waals surface area (Å²) in [6.07, 6.45) is 0.724. The van der Waals surface area contributed by atoms with Gasteiger partial charge in [-0.2, -0.15) is 0 Å². The van der Waals surface area contributed by atoms with E-state index in [4.69, 9.17) is 11.6 Å². The molecule has 0 aliphatic carbocycles. The molecule has 0 saturated heterocycles. The molecule has 120 valence electrons. The van der Waals surface area contributed by atoms with Gasteiger partial charge in [0.2, 0.25) is 0 Å². The van der Waals surface area contributed by atoms with Crippen molar-refractivity contribution in [3.63, 3.8) is 0 Å². The molecule has 4 rings (SSSR count). The molecule has 2 aromatic carbocycles. The van der Waals surface area contributed by atoms with Gasteiger partial charge in [-0.15, -0.1) is 0 Å². The monoisotopic (exact) mass is 337 g/mol. The fourth-order valence-electron chi connectivity index (χ4n) is 3.76. The summed E-state index contributed by atoms with van der Waals surface area (Å²) in [5, 5.41) is 1.55. The highest BCUT2D eigenvalue weighted by Gasteiger charge is 2.35. The van der Waals surface area contributed by atoms with Crippen molar-refractivity contribution in [2.24, 2.45) is 0 Å². The van der Waals surface area contributed by atoms with E-state index in [9.17, 15) is 9.59 Å². The molecular formula is C20H16ClNO2. The van der Waals surface area contributed by atoms with Gasteiger partial charge in [0, 0.05) is 39.3 Å². The molecule has 0 bridgehead atoms. The summed E-state index contributed by atoms with van der Waals surface area (Å²) < 4.78 is 2.13. The lowest BCUT2D eigenvalue weighted by atomic mass is 9.90. The van der Waals surface area contributed by atoms with Crippen LogP contribution in [0.2, 0.25) is 5.02 Å². The summed E-state index contributed by atoms with van der Waals surface area (Å²) in [6.45, 7) is 2.33. The topological polar surface area (TPSA) is 39.1 Å². The number of nitrogens with zero attached hydrogens (tertiary/aromatic N) is 1. The van der Waals surface area contributed by atoms with Crippen LogP contribution in [-0.4, -0.2) is 16.1 Å². The molecule has 2 heterocycles. The van der Waals surface area contributed by atoms with Gasteiger partial charge >= 0.3 is 0 Å². The van der Waals surface area contributed by atoms with Crippen molar-refractivity contribution in [1.82, 2.24) is 4.57 Å². The van der Waals surface area contributed by atoms with E-state index in [2.05, 4.69) is 4.57 Å². The standard InChI is InChI=1S/C20H16ClNO2/c1-12(23)18-15-4-2-3-5-17(15)22-11-10-16(19(18)22)20(24)13-6-8-14(21)9-7-13/h2-9,16H,10-11H2,1H3.